The average molecular weight is 664 g/mol. The summed E-state index contributed by atoms with van der Waals surface area (Å²) >= 11 is 5.99. The van der Waals surface area contributed by atoms with Crippen LogP contribution in [0.25, 0.3) is 21.9 Å². The number of rotatable bonds is 12. The van der Waals surface area contributed by atoms with Gasteiger partial charge in [-0.1, -0.05) is 17.7 Å². The number of carboxylic acid groups (broad SMARTS) is 1. The van der Waals surface area contributed by atoms with Gasteiger partial charge < -0.3 is 35.8 Å². The second-order valence-electron chi connectivity index (χ2n) is 12.0. The predicted molar refractivity (Wildman–Crippen MR) is 177 cm³/mol. The molecule has 1 aliphatic rings. The first-order valence-electron chi connectivity index (χ1n) is 15.6. The molecule has 0 radical (unpaired) electrons. The summed E-state index contributed by atoms with van der Waals surface area (Å²) in [5.74, 6) is -2.23. The maximum Gasteiger partial charge on any atom is 0.326 e. The van der Waals surface area contributed by atoms with Crippen molar-refractivity contribution in [1.82, 2.24) is 20.5 Å². The van der Waals surface area contributed by atoms with Crippen LogP contribution in [-0.2, 0) is 20.8 Å². The summed E-state index contributed by atoms with van der Waals surface area (Å²) in [7, 11) is 0. The summed E-state index contributed by atoms with van der Waals surface area (Å²) in [6.45, 7) is 4.37. The minimum atomic E-state index is -1.18. The summed E-state index contributed by atoms with van der Waals surface area (Å²) in [5.41, 5.74) is 8.83. The van der Waals surface area contributed by atoms with E-state index in [1.807, 2.05) is 19.9 Å². The van der Waals surface area contributed by atoms with Crippen molar-refractivity contribution in [3.63, 3.8) is 0 Å². The molecule has 0 spiro atoms. The minimum absolute atomic E-state index is 0.00618. The Morgan fingerprint density at radius 1 is 1.11 bits per heavy atom. The van der Waals surface area contributed by atoms with Crippen molar-refractivity contribution in [2.75, 3.05) is 13.1 Å². The Hall–Kier alpha value is -4.68. The van der Waals surface area contributed by atoms with Crippen LogP contribution in [0.2, 0.25) is 5.02 Å². The lowest BCUT2D eigenvalue weighted by atomic mass is 10.1. The van der Waals surface area contributed by atoms with E-state index in [-0.39, 0.29) is 43.6 Å². The number of amides is 3. The molecule has 0 aliphatic carbocycles. The number of likely N-dealkylation sites (tertiary alicyclic amines) is 1. The molecule has 3 heterocycles. The first-order valence-corrected chi connectivity index (χ1v) is 16.0. The molecule has 1 aliphatic heterocycles. The number of fused-ring (bicyclic) bond motifs is 2. The Bertz CT molecular complexity index is 1900. The van der Waals surface area contributed by atoms with Crippen molar-refractivity contribution in [3.05, 3.63) is 80.3 Å². The molecule has 5 rings (SSSR count). The van der Waals surface area contributed by atoms with E-state index in [0.717, 1.165) is 22.2 Å². The zero-order valence-electron chi connectivity index (χ0n) is 26.2. The van der Waals surface area contributed by atoms with Crippen LogP contribution in [0, 0.1) is 13.8 Å². The Morgan fingerprint density at radius 3 is 2.64 bits per heavy atom. The number of aromatic nitrogens is 1. The van der Waals surface area contributed by atoms with Crippen molar-refractivity contribution in [2.45, 2.75) is 70.5 Å². The van der Waals surface area contributed by atoms with E-state index >= 15 is 0 Å². The van der Waals surface area contributed by atoms with Crippen molar-refractivity contribution in [3.8, 4) is 0 Å². The van der Waals surface area contributed by atoms with Gasteiger partial charge in [-0.2, -0.15) is 0 Å². The Labute approximate surface area is 275 Å². The van der Waals surface area contributed by atoms with Gasteiger partial charge >= 0.3 is 5.97 Å². The molecule has 0 bridgehead atoms. The second-order valence-corrected chi connectivity index (χ2v) is 12.4. The van der Waals surface area contributed by atoms with Crippen molar-refractivity contribution in [2.24, 2.45) is 5.73 Å². The summed E-state index contributed by atoms with van der Waals surface area (Å²) in [6.07, 6.45) is 1.55. The SMILES string of the molecule is Cc1[nH]c2cc(C(=O)N3C[C@H](NC(=O)CCc4cc(=O)c5cc(Cl)ccc5o4)C[C@H]3C(=O)N[C@@H](CCCCN)C(=O)O)ccc2c1C. The number of nitrogens with zero attached hydrogens (tertiary/aromatic N) is 1. The first kappa shape index (κ1) is 33.7. The maximum absolute atomic E-state index is 13.9. The van der Waals surface area contributed by atoms with Gasteiger partial charge in [0.1, 0.15) is 23.4 Å². The molecule has 0 unspecified atom stereocenters. The van der Waals surface area contributed by atoms with Crippen LogP contribution in [0.3, 0.4) is 0 Å². The van der Waals surface area contributed by atoms with E-state index in [0.29, 0.717) is 46.7 Å². The summed E-state index contributed by atoms with van der Waals surface area (Å²) in [6, 6.07) is 8.61. The van der Waals surface area contributed by atoms with Gasteiger partial charge in [0.25, 0.3) is 5.91 Å². The van der Waals surface area contributed by atoms with Crippen LogP contribution in [0.1, 0.15) is 59.5 Å². The number of nitrogens with one attached hydrogen (secondary N) is 3. The predicted octanol–water partition coefficient (Wildman–Crippen LogP) is 3.58. The molecule has 2 aromatic carbocycles. The highest BCUT2D eigenvalue weighted by Crippen LogP contribution is 2.26. The Kier molecular flexibility index (Phi) is 10.3. The highest BCUT2D eigenvalue weighted by molar-refractivity contribution is 6.31. The van der Waals surface area contributed by atoms with Crippen LogP contribution in [-0.4, -0.2) is 69.9 Å². The Balaban J connectivity index is 1.31. The third-order valence-electron chi connectivity index (χ3n) is 8.69. The van der Waals surface area contributed by atoms with Gasteiger partial charge in [-0.05, 0) is 82.0 Å². The quantitative estimate of drug-likeness (QED) is 0.142. The molecule has 2 aromatic heterocycles. The number of hydrogen-bond acceptors (Lipinski definition) is 7. The zero-order chi connectivity index (χ0) is 33.8. The number of carbonyl (C=O) groups is 4. The van der Waals surface area contributed by atoms with Crippen molar-refractivity contribution >= 4 is 57.2 Å². The van der Waals surface area contributed by atoms with Crippen LogP contribution < -0.4 is 21.8 Å². The van der Waals surface area contributed by atoms with Crippen LogP contribution in [0.15, 0.2) is 51.7 Å². The van der Waals surface area contributed by atoms with Crippen molar-refractivity contribution < 1.29 is 28.7 Å². The number of H-pyrrole nitrogens is 1. The molecular formula is C34H38ClN5O7. The lowest BCUT2D eigenvalue weighted by Gasteiger charge is -2.25. The molecule has 12 nitrogen and oxygen atoms in total. The number of hydrogen-bond donors (Lipinski definition) is 5. The Morgan fingerprint density at radius 2 is 1.89 bits per heavy atom. The topological polar surface area (TPSA) is 188 Å². The lowest BCUT2D eigenvalue weighted by molar-refractivity contribution is -0.142. The molecular weight excluding hydrogens is 626 g/mol. The van der Waals surface area contributed by atoms with E-state index in [4.69, 9.17) is 21.8 Å². The van der Waals surface area contributed by atoms with E-state index in [2.05, 4.69) is 15.6 Å². The fraction of sp³-hybridized carbons (Fsp3) is 0.382. The largest absolute Gasteiger partial charge is 0.480 e. The fourth-order valence-electron chi connectivity index (χ4n) is 6.04. The summed E-state index contributed by atoms with van der Waals surface area (Å²) in [5, 5.41) is 17.0. The molecule has 6 N–H and O–H groups in total. The summed E-state index contributed by atoms with van der Waals surface area (Å²) < 4.78 is 5.79. The highest BCUT2D eigenvalue weighted by Gasteiger charge is 2.41. The fourth-order valence-corrected chi connectivity index (χ4v) is 6.21. The van der Waals surface area contributed by atoms with Gasteiger partial charge in [0.2, 0.25) is 11.8 Å². The van der Waals surface area contributed by atoms with Crippen LogP contribution in [0.4, 0.5) is 0 Å². The molecule has 3 amide bonds. The van der Waals surface area contributed by atoms with E-state index in [9.17, 15) is 29.1 Å². The number of carboxylic acids is 1. The number of aryl methyl sites for hydroxylation is 3. The second kappa shape index (κ2) is 14.4. The average Bonchev–Trinajstić information content (AvgIpc) is 3.58. The normalized spacial score (nSPS) is 16.8. The van der Waals surface area contributed by atoms with Crippen LogP contribution >= 0.6 is 11.6 Å². The van der Waals surface area contributed by atoms with Gasteiger partial charge in [0.05, 0.1) is 5.39 Å². The number of carbonyl (C=O) groups excluding carboxylic acids is 3. The lowest BCUT2D eigenvalue weighted by Crippen LogP contribution is -2.50. The van der Waals surface area contributed by atoms with E-state index in [1.54, 1.807) is 24.3 Å². The smallest absolute Gasteiger partial charge is 0.326 e. The number of benzene rings is 2. The van der Waals surface area contributed by atoms with Crippen molar-refractivity contribution in [1.29, 1.82) is 0 Å². The molecule has 13 heteroatoms. The molecule has 0 saturated carbocycles. The maximum atomic E-state index is 13.9. The molecule has 4 aromatic rings. The number of unbranched alkanes of at least 4 members (excludes halogenated alkanes) is 1. The zero-order valence-corrected chi connectivity index (χ0v) is 27.0. The van der Waals surface area contributed by atoms with E-state index in [1.165, 1.54) is 17.0 Å². The first-order chi connectivity index (χ1) is 22.4. The standard InChI is InChI=1S/C34H38ClN5O7/c1-18-19(2)37-27-13-20(6-9-24(18)27)33(44)40-17-22(15-28(40)32(43)39-26(34(45)46)5-3-4-12-36)38-31(42)11-8-23-16-29(41)25-14-21(35)7-10-30(25)47-23/h6-7,9-10,13-14,16,22,26,28,37H,3-5,8,11-12,15,17,36H2,1-2H3,(H,38,42)(H,39,43)(H,45,46)/t22-,26+,28+/m1/s1. The summed E-state index contributed by atoms with van der Waals surface area (Å²) in [4.78, 5) is 69.6. The monoisotopic (exact) mass is 663 g/mol. The van der Waals surface area contributed by atoms with Gasteiger partial charge in [-0.25, -0.2) is 4.79 Å². The van der Waals surface area contributed by atoms with Gasteiger partial charge in [-0.15, -0.1) is 0 Å². The number of aromatic amines is 1. The molecule has 1 fully saturated rings. The molecule has 248 valence electrons. The van der Waals surface area contributed by atoms with E-state index < -0.39 is 35.9 Å². The number of nitrogens with two attached hydrogens (primary N) is 1. The molecule has 3 atom stereocenters. The molecule has 47 heavy (non-hydrogen) atoms. The third kappa shape index (κ3) is 7.66. The third-order valence-corrected chi connectivity index (χ3v) is 8.92. The van der Waals surface area contributed by atoms with Gasteiger partial charge in [0, 0.05) is 58.7 Å². The van der Waals surface area contributed by atoms with Gasteiger partial charge in [0.15, 0.2) is 5.43 Å². The van der Waals surface area contributed by atoms with Crippen LogP contribution in [0.5, 0.6) is 0 Å². The van der Waals surface area contributed by atoms with Gasteiger partial charge in [-0.3, -0.25) is 19.2 Å². The number of halogens is 1. The number of aliphatic carboxylic acids is 1. The highest BCUT2D eigenvalue weighted by atomic mass is 35.5. The minimum Gasteiger partial charge on any atom is -0.480 e. The molecule has 1 saturated heterocycles.